The lowest BCUT2D eigenvalue weighted by molar-refractivity contribution is 0.317. The van der Waals surface area contributed by atoms with E-state index in [1.807, 2.05) is 77.6 Å². The number of aliphatic imine (C=N–C) groups is 2. The summed E-state index contributed by atoms with van der Waals surface area (Å²) in [5.74, 6) is 0.985. The number of ether oxygens (including phenoxy) is 2. The number of hydrogen-bond acceptors (Lipinski definition) is 7. The first-order valence-electron chi connectivity index (χ1n) is 13.3. The second-order valence-corrected chi connectivity index (χ2v) is 9.76. The van der Waals surface area contributed by atoms with E-state index < -0.39 is 0 Å². The standard InChI is InChI=1S/C32H26N6O2/c1-4-10-22(11-5-1)18-38-19-28(36-37-38)25-16-26(31-34-29(20-39-31)23-12-6-2-7-13-23)33-27(17-25)32-35-30(21-40-32)24-14-8-3-9-15-24/h1-17,19,29-30H,18,20-21H2. The summed E-state index contributed by atoms with van der Waals surface area (Å²) in [6, 6.07) is 34.2. The molecule has 2 aliphatic heterocycles. The van der Waals surface area contributed by atoms with Gasteiger partial charge in [0.05, 0.1) is 12.7 Å². The first-order chi connectivity index (χ1) is 19.8. The third-order valence-electron chi connectivity index (χ3n) is 6.96. The summed E-state index contributed by atoms with van der Waals surface area (Å²) in [4.78, 5) is 14.6. The fourth-order valence-electron chi connectivity index (χ4n) is 4.90. The summed E-state index contributed by atoms with van der Waals surface area (Å²) in [5, 5.41) is 8.84. The van der Waals surface area contributed by atoms with Gasteiger partial charge < -0.3 is 9.47 Å². The van der Waals surface area contributed by atoms with Crippen LogP contribution in [0.5, 0.6) is 0 Å². The minimum atomic E-state index is -0.0839. The average Bonchev–Trinajstić information content (AvgIpc) is 3.80. The molecule has 2 aromatic heterocycles. The molecule has 40 heavy (non-hydrogen) atoms. The number of rotatable bonds is 7. The quantitative estimate of drug-likeness (QED) is 0.282. The second kappa shape index (κ2) is 10.6. The molecule has 0 bridgehead atoms. The van der Waals surface area contributed by atoms with Gasteiger partial charge in [-0.25, -0.2) is 19.7 Å². The van der Waals surface area contributed by atoms with Crippen LogP contribution in [0.3, 0.4) is 0 Å². The zero-order valence-corrected chi connectivity index (χ0v) is 21.7. The molecule has 5 aromatic rings. The smallest absolute Gasteiger partial charge is 0.236 e. The van der Waals surface area contributed by atoms with E-state index in [1.165, 1.54) is 0 Å². The van der Waals surface area contributed by atoms with Crippen LogP contribution < -0.4 is 0 Å². The number of pyridine rings is 1. The van der Waals surface area contributed by atoms with Gasteiger partial charge in [0, 0.05) is 5.56 Å². The van der Waals surface area contributed by atoms with Crippen LogP contribution in [0.4, 0.5) is 0 Å². The van der Waals surface area contributed by atoms with Crippen LogP contribution in [0, 0.1) is 0 Å². The lowest BCUT2D eigenvalue weighted by atomic mass is 10.1. The third-order valence-corrected chi connectivity index (χ3v) is 6.96. The van der Waals surface area contributed by atoms with Crippen molar-refractivity contribution in [1.29, 1.82) is 0 Å². The van der Waals surface area contributed by atoms with Crippen molar-refractivity contribution in [1.82, 2.24) is 20.0 Å². The van der Waals surface area contributed by atoms with E-state index >= 15 is 0 Å². The summed E-state index contributed by atoms with van der Waals surface area (Å²) < 4.78 is 13.9. The van der Waals surface area contributed by atoms with Crippen LogP contribution in [0.2, 0.25) is 0 Å². The van der Waals surface area contributed by atoms with Crippen molar-refractivity contribution in [2.75, 3.05) is 13.2 Å². The van der Waals surface area contributed by atoms with Gasteiger partial charge in [0.15, 0.2) is 0 Å². The van der Waals surface area contributed by atoms with Gasteiger partial charge in [-0.1, -0.05) is 96.2 Å². The molecule has 0 saturated heterocycles. The van der Waals surface area contributed by atoms with E-state index in [2.05, 4.69) is 46.7 Å². The van der Waals surface area contributed by atoms with Crippen LogP contribution >= 0.6 is 0 Å². The first-order valence-corrected chi connectivity index (χ1v) is 13.3. The molecule has 0 N–H and O–H groups in total. The molecule has 0 aliphatic carbocycles. The summed E-state index contributed by atoms with van der Waals surface area (Å²) in [7, 11) is 0. The first kappa shape index (κ1) is 24.0. The Morgan fingerprint density at radius 3 is 1.73 bits per heavy atom. The molecule has 3 aromatic carbocycles. The molecular weight excluding hydrogens is 500 g/mol. The zero-order valence-electron chi connectivity index (χ0n) is 21.7. The largest absolute Gasteiger partial charge is 0.474 e. The van der Waals surface area contributed by atoms with Gasteiger partial charge in [0.1, 0.15) is 42.4 Å². The fourth-order valence-corrected chi connectivity index (χ4v) is 4.90. The Morgan fingerprint density at radius 2 is 1.18 bits per heavy atom. The molecule has 4 heterocycles. The predicted octanol–water partition coefficient (Wildman–Crippen LogP) is 5.42. The Hall–Kier alpha value is -5.11. The maximum atomic E-state index is 6.05. The van der Waals surface area contributed by atoms with Gasteiger partial charge in [0.25, 0.3) is 0 Å². The highest BCUT2D eigenvalue weighted by molar-refractivity contribution is 5.99. The number of benzene rings is 3. The van der Waals surface area contributed by atoms with Crippen LogP contribution in [-0.2, 0) is 16.0 Å². The lowest BCUT2D eigenvalue weighted by Gasteiger charge is -2.07. The van der Waals surface area contributed by atoms with Gasteiger partial charge in [0.2, 0.25) is 11.8 Å². The molecule has 8 nitrogen and oxygen atoms in total. The summed E-state index contributed by atoms with van der Waals surface area (Å²) in [6.45, 7) is 1.55. The van der Waals surface area contributed by atoms with Crippen LogP contribution in [0.25, 0.3) is 11.3 Å². The molecule has 0 spiro atoms. The van der Waals surface area contributed by atoms with Crippen molar-refractivity contribution in [2.24, 2.45) is 9.98 Å². The SMILES string of the molecule is c1ccc(Cn2cc(-c3cc(C4=NC(c5ccccc5)CO4)nc(C4=NC(c5ccccc5)CO4)c3)nn2)cc1. The Kier molecular flexibility index (Phi) is 6.33. The van der Waals surface area contributed by atoms with Crippen LogP contribution in [0.15, 0.2) is 119 Å². The van der Waals surface area contributed by atoms with Gasteiger partial charge >= 0.3 is 0 Å². The van der Waals surface area contributed by atoms with Crippen molar-refractivity contribution in [3.8, 4) is 11.3 Å². The van der Waals surface area contributed by atoms with Crippen LogP contribution in [0.1, 0.15) is 40.2 Å². The van der Waals surface area contributed by atoms with Crippen molar-refractivity contribution in [3.05, 3.63) is 137 Å². The Balaban J connectivity index is 1.25. The van der Waals surface area contributed by atoms with E-state index in [9.17, 15) is 0 Å². The molecule has 2 aliphatic rings. The molecule has 8 heteroatoms. The minimum absolute atomic E-state index is 0.0839. The Bertz CT molecular complexity index is 1600. The highest BCUT2D eigenvalue weighted by Gasteiger charge is 2.27. The molecule has 0 fully saturated rings. The van der Waals surface area contributed by atoms with Crippen molar-refractivity contribution in [2.45, 2.75) is 18.6 Å². The number of aromatic nitrogens is 4. The van der Waals surface area contributed by atoms with E-state index in [4.69, 9.17) is 24.4 Å². The minimum Gasteiger partial charge on any atom is -0.474 e. The summed E-state index contributed by atoms with van der Waals surface area (Å²) in [5.41, 5.74) is 6.13. The highest BCUT2D eigenvalue weighted by atomic mass is 16.5. The van der Waals surface area contributed by atoms with Crippen molar-refractivity contribution in [3.63, 3.8) is 0 Å². The fraction of sp³-hybridized carbons (Fsp3) is 0.156. The van der Waals surface area contributed by atoms with Gasteiger partial charge in [-0.3, -0.25) is 0 Å². The van der Waals surface area contributed by atoms with Crippen molar-refractivity contribution >= 4 is 11.8 Å². The highest BCUT2D eigenvalue weighted by Crippen LogP contribution is 2.29. The normalized spacial score (nSPS) is 18.1. The van der Waals surface area contributed by atoms with E-state index in [0.29, 0.717) is 42.9 Å². The van der Waals surface area contributed by atoms with Gasteiger partial charge in [-0.15, -0.1) is 5.10 Å². The molecule has 0 radical (unpaired) electrons. The van der Waals surface area contributed by atoms with Crippen molar-refractivity contribution < 1.29 is 9.47 Å². The molecule has 196 valence electrons. The second-order valence-electron chi connectivity index (χ2n) is 9.76. The van der Waals surface area contributed by atoms with E-state index in [1.54, 1.807) is 0 Å². The molecule has 2 atom stereocenters. The average molecular weight is 527 g/mol. The molecule has 0 saturated carbocycles. The summed E-state index contributed by atoms with van der Waals surface area (Å²) >= 11 is 0. The number of hydrogen-bond donors (Lipinski definition) is 0. The van der Waals surface area contributed by atoms with Gasteiger partial charge in [-0.2, -0.15) is 0 Å². The zero-order chi connectivity index (χ0) is 26.7. The van der Waals surface area contributed by atoms with Gasteiger partial charge in [-0.05, 0) is 28.8 Å². The van der Waals surface area contributed by atoms with E-state index in [0.717, 1.165) is 27.9 Å². The van der Waals surface area contributed by atoms with Crippen LogP contribution in [-0.4, -0.2) is 45.0 Å². The maximum absolute atomic E-state index is 6.05. The molecule has 2 unspecified atom stereocenters. The maximum Gasteiger partial charge on any atom is 0.236 e. The topological polar surface area (TPSA) is 86.8 Å². The molecular formula is C32H26N6O2. The molecule has 7 rings (SSSR count). The molecule has 0 amide bonds. The third kappa shape index (κ3) is 4.99. The Morgan fingerprint density at radius 1 is 0.650 bits per heavy atom. The van der Waals surface area contributed by atoms with E-state index in [-0.39, 0.29) is 12.1 Å². The Labute approximate surface area is 231 Å². The number of nitrogens with zero attached hydrogens (tertiary/aromatic N) is 6. The predicted molar refractivity (Wildman–Crippen MR) is 152 cm³/mol. The summed E-state index contributed by atoms with van der Waals surface area (Å²) in [6.07, 6.45) is 1.93. The monoisotopic (exact) mass is 526 g/mol. The lowest BCUT2D eigenvalue weighted by Crippen LogP contribution is -2.11.